The number of nitrogens with zero attached hydrogens (tertiary/aromatic N) is 4. The van der Waals surface area contributed by atoms with E-state index in [1.165, 1.54) is 16.9 Å². The lowest BCUT2D eigenvalue weighted by molar-refractivity contribution is -0.392. The van der Waals surface area contributed by atoms with Crippen LogP contribution in [0, 0.1) is 10.1 Å². The first-order valence-electron chi connectivity index (χ1n) is 5.39. The number of hydrogen-bond acceptors (Lipinski definition) is 7. The fraction of sp³-hybridized carbons (Fsp3) is 0.300. The Kier molecular flexibility index (Phi) is 3.85. The molecule has 100 valence electrons. The van der Waals surface area contributed by atoms with Crippen molar-refractivity contribution in [2.75, 3.05) is 6.61 Å². The molecule has 0 bridgehead atoms. The van der Waals surface area contributed by atoms with E-state index in [-0.39, 0.29) is 24.0 Å². The van der Waals surface area contributed by atoms with Gasteiger partial charge in [-0.2, -0.15) is 0 Å². The molecule has 9 heteroatoms. The topological polar surface area (TPSA) is 100 Å². The van der Waals surface area contributed by atoms with Crippen molar-refractivity contribution < 1.29 is 14.5 Å². The predicted octanol–water partition coefficient (Wildman–Crippen LogP) is 1.47. The van der Waals surface area contributed by atoms with Crippen molar-refractivity contribution in [2.45, 2.75) is 13.5 Å². The molecular weight excluding hydrogens is 272 g/mol. The van der Waals surface area contributed by atoms with Gasteiger partial charge < -0.3 is 14.9 Å². The van der Waals surface area contributed by atoms with Crippen molar-refractivity contribution in [1.29, 1.82) is 0 Å². The van der Waals surface area contributed by atoms with Crippen LogP contribution in [0.25, 0.3) is 0 Å². The van der Waals surface area contributed by atoms with Crippen molar-refractivity contribution in [3.63, 3.8) is 0 Å². The Morgan fingerprint density at radius 2 is 2.42 bits per heavy atom. The van der Waals surface area contributed by atoms with Gasteiger partial charge in [0.15, 0.2) is 6.54 Å². The first-order chi connectivity index (χ1) is 9.11. The number of nitro groups is 1. The van der Waals surface area contributed by atoms with Crippen LogP contribution in [0.5, 0.6) is 0 Å². The second kappa shape index (κ2) is 5.57. The average molecular weight is 282 g/mol. The van der Waals surface area contributed by atoms with Gasteiger partial charge >= 0.3 is 11.8 Å². The fourth-order valence-corrected chi connectivity index (χ4v) is 2.12. The van der Waals surface area contributed by atoms with E-state index >= 15 is 0 Å². The lowest BCUT2D eigenvalue weighted by Crippen LogP contribution is -2.07. The van der Waals surface area contributed by atoms with Crippen LogP contribution >= 0.6 is 11.3 Å². The van der Waals surface area contributed by atoms with Gasteiger partial charge in [-0.1, -0.05) is 5.10 Å². The number of ether oxygens (including phenoxy) is 1. The summed E-state index contributed by atoms with van der Waals surface area (Å²) in [5.74, 6) is -0.612. The van der Waals surface area contributed by atoms with Crippen molar-refractivity contribution >= 4 is 23.1 Å². The normalized spacial score (nSPS) is 10.4. The van der Waals surface area contributed by atoms with Crippen LogP contribution in [0.1, 0.15) is 22.4 Å². The highest BCUT2D eigenvalue weighted by atomic mass is 32.1. The molecule has 0 unspecified atom stereocenters. The second-order valence-corrected chi connectivity index (χ2v) is 4.33. The fourth-order valence-electron chi connectivity index (χ4n) is 1.42. The van der Waals surface area contributed by atoms with Crippen molar-refractivity contribution in [2.24, 2.45) is 0 Å². The summed E-state index contributed by atoms with van der Waals surface area (Å²) < 4.78 is 6.03. The zero-order valence-corrected chi connectivity index (χ0v) is 10.8. The third-order valence-electron chi connectivity index (χ3n) is 2.19. The Balaban J connectivity index is 2.14. The van der Waals surface area contributed by atoms with Crippen molar-refractivity contribution in [3.8, 4) is 0 Å². The second-order valence-electron chi connectivity index (χ2n) is 3.47. The summed E-state index contributed by atoms with van der Waals surface area (Å²) in [4.78, 5) is 25.7. The molecule has 0 N–H and O–H groups in total. The van der Waals surface area contributed by atoms with Gasteiger partial charge in [0.1, 0.15) is 0 Å². The molecule has 8 nitrogen and oxygen atoms in total. The number of carbonyl (C=O) groups is 1. The van der Waals surface area contributed by atoms with E-state index in [1.54, 1.807) is 12.3 Å². The molecule has 19 heavy (non-hydrogen) atoms. The SMILES string of the molecule is CCOC(=O)c1nc(Cn2nccc2[N+](=O)[O-])cs1. The number of thiazole rings is 1. The Hall–Kier alpha value is -2.29. The number of carbonyl (C=O) groups excluding carboxylic acids is 1. The van der Waals surface area contributed by atoms with Crippen LogP contribution in [-0.4, -0.2) is 32.3 Å². The van der Waals surface area contributed by atoms with Crippen molar-refractivity contribution in [1.82, 2.24) is 14.8 Å². The summed E-state index contributed by atoms with van der Waals surface area (Å²) >= 11 is 1.14. The van der Waals surface area contributed by atoms with Crippen LogP contribution in [0.15, 0.2) is 17.6 Å². The zero-order valence-electron chi connectivity index (χ0n) is 9.98. The van der Waals surface area contributed by atoms with Gasteiger partial charge in [-0.3, -0.25) is 0 Å². The summed E-state index contributed by atoms with van der Waals surface area (Å²) in [6.07, 6.45) is 1.34. The molecule has 0 saturated carbocycles. The minimum Gasteiger partial charge on any atom is -0.461 e. The summed E-state index contributed by atoms with van der Waals surface area (Å²) in [6.45, 7) is 2.12. The number of esters is 1. The summed E-state index contributed by atoms with van der Waals surface area (Å²) in [6, 6.07) is 1.30. The molecule has 2 rings (SSSR count). The molecule has 0 aliphatic carbocycles. The summed E-state index contributed by atoms with van der Waals surface area (Å²) in [5.41, 5.74) is 0.528. The van der Waals surface area contributed by atoms with E-state index in [9.17, 15) is 14.9 Å². The zero-order chi connectivity index (χ0) is 13.8. The molecule has 0 atom stereocenters. The van der Waals surface area contributed by atoms with E-state index in [0.29, 0.717) is 5.69 Å². The van der Waals surface area contributed by atoms with Crippen LogP contribution < -0.4 is 0 Å². The van der Waals surface area contributed by atoms with Gasteiger partial charge in [-0.25, -0.2) is 9.78 Å². The van der Waals surface area contributed by atoms with Crippen LogP contribution in [0.3, 0.4) is 0 Å². The molecule has 2 aromatic rings. The summed E-state index contributed by atoms with van der Waals surface area (Å²) in [7, 11) is 0. The highest BCUT2D eigenvalue weighted by molar-refractivity contribution is 7.11. The van der Waals surface area contributed by atoms with Gasteiger partial charge in [0.05, 0.1) is 24.6 Å². The molecule has 0 fully saturated rings. The van der Waals surface area contributed by atoms with Crippen LogP contribution in [-0.2, 0) is 11.3 Å². The number of aromatic nitrogens is 3. The highest BCUT2D eigenvalue weighted by Crippen LogP contribution is 2.15. The molecule has 0 aromatic carbocycles. The minimum absolute atomic E-state index is 0.120. The van der Waals surface area contributed by atoms with Gasteiger partial charge in [0.2, 0.25) is 5.01 Å². The number of hydrogen-bond donors (Lipinski definition) is 0. The Bertz CT molecular complexity index is 606. The van der Waals surface area contributed by atoms with Crippen LogP contribution in [0.2, 0.25) is 0 Å². The third-order valence-corrected chi connectivity index (χ3v) is 3.07. The third kappa shape index (κ3) is 2.94. The lowest BCUT2D eigenvalue weighted by Gasteiger charge is -1.97. The Morgan fingerprint density at radius 1 is 1.63 bits per heavy atom. The molecule has 0 amide bonds. The van der Waals surface area contributed by atoms with E-state index in [0.717, 1.165) is 11.3 Å². The molecular formula is C10H10N4O4S. The molecule has 0 radical (unpaired) electrons. The van der Waals surface area contributed by atoms with E-state index < -0.39 is 10.9 Å². The number of rotatable bonds is 5. The maximum absolute atomic E-state index is 11.4. The first-order valence-corrected chi connectivity index (χ1v) is 6.27. The maximum atomic E-state index is 11.4. The first kappa shape index (κ1) is 13.1. The average Bonchev–Trinajstić information content (AvgIpc) is 2.99. The Labute approximate surface area is 111 Å². The molecule has 0 aliphatic heterocycles. The lowest BCUT2D eigenvalue weighted by atomic mass is 10.5. The molecule has 0 aliphatic rings. The van der Waals surface area contributed by atoms with E-state index in [4.69, 9.17) is 4.74 Å². The quantitative estimate of drug-likeness (QED) is 0.467. The van der Waals surface area contributed by atoms with E-state index in [2.05, 4.69) is 10.1 Å². The molecule has 0 spiro atoms. The van der Waals surface area contributed by atoms with Gasteiger partial charge in [0, 0.05) is 5.38 Å². The minimum atomic E-state index is -0.522. The largest absolute Gasteiger partial charge is 0.461 e. The molecule has 0 saturated heterocycles. The van der Waals surface area contributed by atoms with Gasteiger partial charge in [-0.05, 0) is 11.8 Å². The monoisotopic (exact) mass is 282 g/mol. The molecule has 2 heterocycles. The predicted molar refractivity (Wildman–Crippen MR) is 66.1 cm³/mol. The van der Waals surface area contributed by atoms with Gasteiger partial charge in [0.25, 0.3) is 0 Å². The summed E-state index contributed by atoms with van der Waals surface area (Å²) in [5, 5.41) is 16.4. The standard InChI is InChI=1S/C10H10N4O4S/c1-2-18-10(15)9-12-7(6-19-9)5-13-8(14(16)17)3-4-11-13/h3-4,6H,2,5H2,1H3. The molecule has 2 aromatic heterocycles. The maximum Gasteiger partial charge on any atom is 0.367 e. The van der Waals surface area contributed by atoms with Crippen LogP contribution in [0.4, 0.5) is 5.82 Å². The smallest absolute Gasteiger partial charge is 0.367 e. The van der Waals surface area contributed by atoms with Gasteiger partial charge in [-0.15, -0.1) is 16.0 Å². The van der Waals surface area contributed by atoms with E-state index in [1.807, 2.05) is 0 Å². The highest BCUT2D eigenvalue weighted by Gasteiger charge is 2.17. The Morgan fingerprint density at radius 3 is 3.11 bits per heavy atom. The van der Waals surface area contributed by atoms with Crippen molar-refractivity contribution in [3.05, 3.63) is 38.5 Å².